The fourth-order valence-electron chi connectivity index (χ4n) is 0.446. The van der Waals surface area contributed by atoms with E-state index >= 15 is 0 Å². The van der Waals surface area contributed by atoms with Gasteiger partial charge in [-0.3, -0.25) is 9.78 Å². The summed E-state index contributed by atoms with van der Waals surface area (Å²) in [5.41, 5.74) is -0.469. The zero-order chi connectivity index (χ0) is 6.85. The zero-order valence-electron chi connectivity index (χ0n) is 4.30. The van der Waals surface area contributed by atoms with Gasteiger partial charge in [0.2, 0.25) is 0 Å². The molecular formula is C4H3N2O2S-. The number of hydrogen-bond donors (Lipinski definition) is 2. The highest BCUT2D eigenvalue weighted by Crippen LogP contribution is 1.86. The zero-order valence-corrected chi connectivity index (χ0v) is 5.12. The van der Waals surface area contributed by atoms with E-state index in [0.29, 0.717) is 0 Å². The maximum absolute atomic E-state index is 10.4. The van der Waals surface area contributed by atoms with Gasteiger partial charge in [-0.15, -0.1) is 0 Å². The van der Waals surface area contributed by atoms with Gasteiger partial charge in [0.15, 0.2) is 4.77 Å². The van der Waals surface area contributed by atoms with Crippen molar-refractivity contribution in [2.75, 3.05) is 0 Å². The summed E-state index contributed by atoms with van der Waals surface area (Å²) in [4.78, 5) is 14.8. The van der Waals surface area contributed by atoms with Crippen molar-refractivity contribution in [3.8, 4) is 5.88 Å². The molecule has 0 aliphatic carbocycles. The molecule has 0 radical (unpaired) electrons. The van der Waals surface area contributed by atoms with Crippen molar-refractivity contribution in [3.63, 3.8) is 0 Å². The Morgan fingerprint density at radius 1 is 1.56 bits per heavy atom. The predicted molar refractivity (Wildman–Crippen MR) is 31.7 cm³/mol. The molecule has 0 bridgehead atoms. The number of nitrogens with one attached hydrogen (secondary N) is 2. The lowest BCUT2D eigenvalue weighted by Crippen LogP contribution is -2.08. The molecule has 9 heavy (non-hydrogen) atoms. The van der Waals surface area contributed by atoms with Gasteiger partial charge >= 0.3 is 0 Å². The number of H-pyrrole nitrogens is 2. The van der Waals surface area contributed by atoms with Crippen molar-refractivity contribution in [1.29, 1.82) is 0 Å². The fraction of sp³-hybridized carbons (Fsp3) is 0. The third-order valence-electron chi connectivity index (χ3n) is 0.736. The molecule has 2 N–H and O–H groups in total. The van der Waals surface area contributed by atoms with Crippen molar-refractivity contribution < 1.29 is 5.11 Å². The smallest absolute Gasteiger partial charge is 0.250 e. The van der Waals surface area contributed by atoms with Crippen LogP contribution in [0, 0.1) is 4.77 Å². The van der Waals surface area contributed by atoms with Gasteiger partial charge in [0.05, 0.1) is 0 Å². The average molecular weight is 143 g/mol. The summed E-state index contributed by atoms with van der Waals surface area (Å²) in [5, 5.41) is 10.4. The highest BCUT2D eigenvalue weighted by atomic mass is 32.1. The van der Waals surface area contributed by atoms with Crippen molar-refractivity contribution in [1.82, 2.24) is 9.97 Å². The Kier molecular flexibility index (Phi) is 1.35. The van der Waals surface area contributed by atoms with E-state index in [2.05, 4.69) is 22.2 Å². The Hall–Kier alpha value is -1.10. The molecule has 48 valence electrons. The second-order valence-corrected chi connectivity index (χ2v) is 1.86. The molecule has 5 heteroatoms. The number of hydrogen-bond acceptors (Lipinski definition) is 3. The van der Waals surface area contributed by atoms with Crippen LogP contribution in [0.5, 0.6) is 5.88 Å². The van der Waals surface area contributed by atoms with Gasteiger partial charge in [0.1, 0.15) is 0 Å². The fourth-order valence-corrected chi connectivity index (χ4v) is 0.647. The van der Waals surface area contributed by atoms with E-state index in [1.165, 1.54) is 0 Å². The van der Waals surface area contributed by atoms with Gasteiger partial charge in [-0.05, 0) is 18.1 Å². The van der Waals surface area contributed by atoms with Crippen LogP contribution in [0.25, 0.3) is 0 Å². The van der Waals surface area contributed by atoms with E-state index in [1.54, 1.807) is 0 Å². The topological polar surface area (TPSA) is 71.7 Å². The number of aromatic amines is 2. The molecule has 1 rings (SSSR count). The second-order valence-electron chi connectivity index (χ2n) is 1.45. The van der Waals surface area contributed by atoms with Crippen LogP contribution >= 0.6 is 12.2 Å². The van der Waals surface area contributed by atoms with E-state index in [-0.39, 0.29) is 4.77 Å². The molecule has 0 aliphatic rings. The van der Waals surface area contributed by atoms with Crippen LogP contribution in [0.2, 0.25) is 0 Å². The molecule has 1 heterocycles. The quantitative estimate of drug-likeness (QED) is 0.481. The van der Waals surface area contributed by atoms with E-state index in [4.69, 9.17) is 0 Å². The maximum Gasteiger partial charge on any atom is 0.250 e. The molecule has 0 fully saturated rings. The lowest BCUT2D eigenvalue weighted by Gasteiger charge is -2.00. The second kappa shape index (κ2) is 2.02. The third-order valence-corrected chi connectivity index (χ3v) is 0.940. The van der Waals surface area contributed by atoms with E-state index in [0.717, 1.165) is 6.07 Å². The van der Waals surface area contributed by atoms with Crippen molar-refractivity contribution >= 4 is 12.2 Å². The molecule has 1 aromatic heterocycles. The number of rotatable bonds is 0. The summed E-state index contributed by atoms with van der Waals surface area (Å²) in [6, 6.07) is 0.899. The first kappa shape index (κ1) is 6.03. The first-order valence-corrected chi connectivity index (χ1v) is 2.60. The Balaban J connectivity index is 3.52. The molecular weight excluding hydrogens is 140 g/mol. The average Bonchev–Trinajstić information content (AvgIpc) is 1.59. The predicted octanol–water partition coefficient (Wildman–Crippen LogP) is -0.494. The third kappa shape index (κ3) is 1.39. The summed E-state index contributed by atoms with van der Waals surface area (Å²) in [6.07, 6.45) is 0. The molecule has 0 atom stereocenters. The summed E-state index contributed by atoms with van der Waals surface area (Å²) in [6.45, 7) is 0. The molecule has 0 amide bonds. The number of aromatic nitrogens is 2. The lowest BCUT2D eigenvalue weighted by atomic mass is 10.6. The normalized spacial score (nSPS) is 9.33. The van der Waals surface area contributed by atoms with Gasteiger partial charge in [-0.25, -0.2) is 0 Å². The molecule has 0 spiro atoms. The molecule has 0 aliphatic heterocycles. The SMILES string of the molecule is O=c1cc([O-])[nH]c(=S)[nH]1. The van der Waals surface area contributed by atoms with Gasteiger partial charge < -0.3 is 10.1 Å². The van der Waals surface area contributed by atoms with Crippen LogP contribution in [0.4, 0.5) is 0 Å². The van der Waals surface area contributed by atoms with Gasteiger partial charge in [-0.1, -0.05) is 0 Å². The van der Waals surface area contributed by atoms with Crippen LogP contribution < -0.4 is 10.7 Å². The van der Waals surface area contributed by atoms with Gasteiger partial charge in [-0.2, -0.15) is 0 Å². The largest absolute Gasteiger partial charge is 0.860 e. The molecule has 0 unspecified atom stereocenters. The van der Waals surface area contributed by atoms with Gasteiger partial charge in [0.25, 0.3) is 5.56 Å². The summed E-state index contributed by atoms with van der Waals surface area (Å²) in [5.74, 6) is -0.469. The van der Waals surface area contributed by atoms with Gasteiger partial charge in [0, 0.05) is 6.07 Å². The van der Waals surface area contributed by atoms with Crippen LogP contribution in [0.3, 0.4) is 0 Å². The highest BCUT2D eigenvalue weighted by Gasteiger charge is 1.79. The minimum atomic E-state index is -0.469. The Bertz CT molecular complexity index is 285. The molecule has 0 saturated carbocycles. The van der Waals surface area contributed by atoms with Crippen LogP contribution in [-0.4, -0.2) is 9.97 Å². The first-order chi connectivity index (χ1) is 4.18. The van der Waals surface area contributed by atoms with Crippen LogP contribution in [0.1, 0.15) is 0 Å². The molecule has 0 saturated heterocycles. The summed E-state index contributed by atoms with van der Waals surface area (Å²) in [7, 11) is 0. The standard InChI is InChI=1S/C4H4N2O2S/c7-2-1-3(8)6-4(9)5-2/h1H,(H3,5,6,7,8,9)/p-1. The van der Waals surface area contributed by atoms with Crippen molar-refractivity contribution in [3.05, 3.63) is 21.2 Å². The molecule has 4 nitrogen and oxygen atoms in total. The Morgan fingerprint density at radius 2 is 2.22 bits per heavy atom. The minimum absolute atomic E-state index is 0.0625. The summed E-state index contributed by atoms with van der Waals surface area (Å²) >= 11 is 4.48. The molecule has 0 aromatic carbocycles. The first-order valence-electron chi connectivity index (χ1n) is 2.19. The van der Waals surface area contributed by atoms with Crippen LogP contribution in [-0.2, 0) is 0 Å². The van der Waals surface area contributed by atoms with Crippen molar-refractivity contribution in [2.45, 2.75) is 0 Å². The molecule has 1 aromatic rings. The minimum Gasteiger partial charge on any atom is -0.860 e. The Morgan fingerprint density at radius 3 is 2.67 bits per heavy atom. The van der Waals surface area contributed by atoms with Crippen molar-refractivity contribution in [2.24, 2.45) is 0 Å². The highest BCUT2D eigenvalue weighted by molar-refractivity contribution is 7.71. The van der Waals surface area contributed by atoms with E-state index in [1.807, 2.05) is 0 Å². The Labute approximate surface area is 55.2 Å². The summed E-state index contributed by atoms with van der Waals surface area (Å²) < 4.78 is 0.0625. The maximum atomic E-state index is 10.4. The van der Waals surface area contributed by atoms with E-state index < -0.39 is 11.4 Å². The van der Waals surface area contributed by atoms with Crippen LogP contribution in [0.15, 0.2) is 10.9 Å². The van der Waals surface area contributed by atoms with E-state index in [9.17, 15) is 9.90 Å². The monoisotopic (exact) mass is 143 g/mol. The lowest BCUT2D eigenvalue weighted by molar-refractivity contribution is -0.275.